The Bertz CT molecular complexity index is 315. The number of hydrogen-bond donors (Lipinski definition) is 0. The average Bonchev–Trinajstić information content (AvgIpc) is 2.43. The van der Waals surface area contributed by atoms with Crippen molar-refractivity contribution in [3.8, 4) is 0 Å². The molecule has 0 saturated carbocycles. The molecule has 0 bridgehead atoms. The fourth-order valence-electron chi connectivity index (χ4n) is 1.84. The monoisotopic (exact) mass is 245 g/mol. The molecule has 1 aliphatic rings. The van der Waals surface area contributed by atoms with E-state index in [2.05, 4.69) is 14.9 Å². The molecule has 0 aromatic carbocycles. The van der Waals surface area contributed by atoms with Gasteiger partial charge < -0.3 is 4.90 Å². The molecule has 1 saturated heterocycles. The lowest BCUT2D eigenvalue weighted by molar-refractivity contribution is 0.726. The molecule has 1 aromatic rings. The number of aromatic nitrogens is 2. The maximum Gasteiger partial charge on any atom is 0.225 e. The first kappa shape index (κ1) is 11.0. The molecular weight excluding hydrogens is 233 g/mol. The third kappa shape index (κ3) is 2.95. The molecule has 0 atom stereocenters. The fourth-order valence-corrected chi connectivity index (χ4v) is 2.24. The molecular formula is C10H13Cl2N3. The van der Waals surface area contributed by atoms with Gasteiger partial charge in [0.1, 0.15) is 11.0 Å². The zero-order valence-corrected chi connectivity index (χ0v) is 9.93. The van der Waals surface area contributed by atoms with Crippen LogP contribution in [0.5, 0.6) is 0 Å². The second-order valence-electron chi connectivity index (χ2n) is 3.72. The van der Waals surface area contributed by atoms with E-state index in [1.165, 1.54) is 25.7 Å². The molecule has 0 amide bonds. The SMILES string of the molecule is Clc1cc(N2CCCCCC2)nc(Cl)n1. The smallest absolute Gasteiger partial charge is 0.225 e. The normalized spacial score (nSPS) is 17.6. The van der Waals surface area contributed by atoms with Gasteiger partial charge in [-0.1, -0.05) is 24.4 Å². The largest absolute Gasteiger partial charge is 0.356 e. The lowest BCUT2D eigenvalue weighted by atomic mass is 10.2. The summed E-state index contributed by atoms with van der Waals surface area (Å²) >= 11 is 11.6. The first-order valence-corrected chi connectivity index (χ1v) is 5.96. The molecule has 2 rings (SSSR count). The van der Waals surface area contributed by atoms with Gasteiger partial charge in [0.2, 0.25) is 5.28 Å². The van der Waals surface area contributed by atoms with Crippen LogP contribution < -0.4 is 4.90 Å². The van der Waals surface area contributed by atoms with Crippen LogP contribution in [0.25, 0.3) is 0 Å². The number of hydrogen-bond acceptors (Lipinski definition) is 3. The second-order valence-corrected chi connectivity index (χ2v) is 4.44. The molecule has 5 heteroatoms. The minimum atomic E-state index is 0.224. The van der Waals surface area contributed by atoms with E-state index in [0.717, 1.165) is 18.9 Å². The second kappa shape index (κ2) is 4.99. The van der Waals surface area contributed by atoms with Gasteiger partial charge in [0, 0.05) is 19.2 Å². The lowest BCUT2D eigenvalue weighted by Gasteiger charge is -2.21. The van der Waals surface area contributed by atoms with Crippen LogP contribution in [0.3, 0.4) is 0 Å². The summed E-state index contributed by atoms with van der Waals surface area (Å²) in [4.78, 5) is 10.3. The first-order valence-electron chi connectivity index (χ1n) is 5.21. The Kier molecular flexibility index (Phi) is 3.65. The Morgan fingerprint density at radius 2 is 1.67 bits per heavy atom. The van der Waals surface area contributed by atoms with Crippen LogP contribution in [0.2, 0.25) is 10.4 Å². The van der Waals surface area contributed by atoms with Gasteiger partial charge >= 0.3 is 0 Å². The lowest BCUT2D eigenvalue weighted by Crippen LogP contribution is -2.25. The Hall–Kier alpha value is -0.540. The van der Waals surface area contributed by atoms with Crippen molar-refractivity contribution < 1.29 is 0 Å². The predicted molar refractivity (Wildman–Crippen MR) is 62.7 cm³/mol. The summed E-state index contributed by atoms with van der Waals surface area (Å²) in [6.45, 7) is 2.06. The van der Waals surface area contributed by atoms with Crippen LogP contribution >= 0.6 is 23.2 Å². The van der Waals surface area contributed by atoms with Crippen molar-refractivity contribution in [1.29, 1.82) is 0 Å². The van der Waals surface area contributed by atoms with Crippen molar-refractivity contribution in [2.45, 2.75) is 25.7 Å². The summed E-state index contributed by atoms with van der Waals surface area (Å²) in [5.41, 5.74) is 0. The number of rotatable bonds is 1. The molecule has 1 fully saturated rings. The molecule has 3 nitrogen and oxygen atoms in total. The maximum absolute atomic E-state index is 5.85. The summed E-state index contributed by atoms with van der Waals surface area (Å²) in [6, 6.07) is 1.78. The van der Waals surface area contributed by atoms with E-state index in [0.29, 0.717) is 5.15 Å². The Morgan fingerprint density at radius 3 is 2.27 bits per heavy atom. The summed E-state index contributed by atoms with van der Waals surface area (Å²) in [6.07, 6.45) is 5.00. The summed E-state index contributed by atoms with van der Waals surface area (Å²) < 4.78 is 0. The fraction of sp³-hybridized carbons (Fsp3) is 0.600. The third-order valence-corrected chi connectivity index (χ3v) is 2.95. The van der Waals surface area contributed by atoms with Crippen molar-refractivity contribution in [3.63, 3.8) is 0 Å². The zero-order chi connectivity index (χ0) is 10.7. The van der Waals surface area contributed by atoms with E-state index < -0.39 is 0 Å². The van der Waals surface area contributed by atoms with Crippen LogP contribution in [0.1, 0.15) is 25.7 Å². The molecule has 0 unspecified atom stereocenters. The highest BCUT2D eigenvalue weighted by atomic mass is 35.5. The summed E-state index contributed by atoms with van der Waals surface area (Å²) in [7, 11) is 0. The molecule has 15 heavy (non-hydrogen) atoms. The summed E-state index contributed by atoms with van der Waals surface area (Å²) in [5, 5.41) is 0.635. The highest BCUT2D eigenvalue weighted by Crippen LogP contribution is 2.21. The highest BCUT2D eigenvalue weighted by Gasteiger charge is 2.12. The molecule has 82 valence electrons. The molecule has 1 aromatic heterocycles. The van der Waals surface area contributed by atoms with Gasteiger partial charge in [-0.05, 0) is 24.4 Å². The quantitative estimate of drug-likeness (QED) is 0.563. The number of anilines is 1. The van der Waals surface area contributed by atoms with Crippen molar-refractivity contribution in [1.82, 2.24) is 9.97 Å². The van der Waals surface area contributed by atoms with Crippen LogP contribution in [0.15, 0.2) is 6.07 Å². The van der Waals surface area contributed by atoms with Gasteiger partial charge in [-0.15, -0.1) is 0 Å². The van der Waals surface area contributed by atoms with Crippen molar-refractivity contribution >= 4 is 29.0 Å². The van der Waals surface area contributed by atoms with E-state index in [1.54, 1.807) is 6.07 Å². The van der Waals surface area contributed by atoms with Gasteiger partial charge in [0.05, 0.1) is 0 Å². The number of halogens is 2. The van der Waals surface area contributed by atoms with E-state index in [-0.39, 0.29) is 5.28 Å². The minimum Gasteiger partial charge on any atom is -0.356 e. The van der Waals surface area contributed by atoms with Gasteiger partial charge in [0.25, 0.3) is 0 Å². The first-order chi connectivity index (χ1) is 7.25. The zero-order valence-electron chi connectivity index (χ0n) is 8.42. The number of nitrogens with zero attached hydrogens (tertiary/aromatic N) is 3. The van der Waals surface area contributed by atoms with E-state index >= 15 is 0 Å². The van der Waals surface area contributed by atoms with Crippen molar-refractivity contribution in [2.75, 3.05) is 18.0 Å². The van der Waals surface area contributed by atoms with Crippen LogP contribution in [-0.4, -0.2) is 23.1 Å². The van der Waals surface area contributed by atoms with Crippen molar-refractivity contribution in [3.05, 3.63) is 16.5 Å². The van der Waals surface area contributed by atoms with Gasteiger partial charge in [0.15, 0.2) is 0 Å². The van der Waals surface area contributed by atoms with E-state index in [1.807, 2.05) is 0 Å². The van der Waals surface area contributed by atoms with Crippen LogP contribution in [0, 0.1) is 0 Å². The highest BCUT2D eigenvalue weighted by molar-refractivity contribution is 6.32. The summed E-state index contributed by atoms with van der Waals surface area (Å²) in [5.74, 6) is 0.849. The van der Waals surface area contributed by atoms with Gasteiger partial charge in [-0.25, -0.2) is 9.97 Å². The minimum absolute atomic E-state index is 0.224. The van der Waals surface area contributed by atoms with E-state index in [9.17, 15) is 0 Å². The molecule has 2 heterocycles. The Labute approximate surface area is 99.4 Å². The van der Waals surface area contributed by atoms with Crippen LogP contribution in [0.4, 0.5) is 5.82 Å². The topological polar surface area (TPSA) is 29.0 Å². The predicted octanol–water partition coefficient (Wildman–Crippen LogP) is 3.16. The average molecular weight is 246 g/mol. The van der Waals surface area contributed by atoms with Crippen molar-refractivity contribution in [2.24, 2.45) is 0 Å². The van der Waals surface area contributed by atoms with Gasteiger partial charge in [-0.2, -0.15) is 0 Å². The van der Waals surface area contributed by atoms with Crippen LogP contribution in [-0.2, 0) is 0 Å². The standard InChI is InChI=1S/C10H13Cl2N3/c11-8-7-9(14-10(12)13-8)15-5-3-1-2-4-6-15/h7H,1-6H2. The molecule has 0 spiro atoms. The third-order valence-electron chi connectivity index (χ3n) is 2.58. The maximum atomic E-state index is 5.85. The molecule has 1 aliphatic heterocycles. The molecule has 0 N–H and O–H groups in total. The molecule has 0 radical (unpaired) electrons. The molecule has 0 aliphatic carbocycles. The Morgan fingerprint density at radius 1 is 1.00 bits per heavy atom. The van der Waals surface area contributed by atoms with E-state index in [4.69, 9.17) is 23.2 Å². The van der Waals surface area contributed by atoms with Gasteiger partial charge in [-0.3, -0.25) is 0 Å². The Balaban J connectivity index is 2.19.